The maximum atomic E-state index is 12.7. The Kier molecular flexibility index (Phi) is 4.70. The van der Waals surface area contributed by atoms with Gasteiger partial charge in [0.1, 0.15) is 10.7 Å². The van der Waals surface area contributed by atoms with Crippen molar-refractivity contribution < 1.29 is 27.8 Å². The molecule has 0 aliphatic heterocycles. The molecule has 21 heavy (non-hydrogen) atoms. The van der Waals surface area contributed by atoms with E-state index in [-0.39, 0.29) is 29.8 Å². The van der Waals surface area contributed by atoms with Crippen LogP contribution < -0.4 is 0 Å². The lowest BCUT2D eigenvalue weighted by Crippen LogP contribution is -2.40. The third kappa shape index (κ3) is 3.12. The molecule has 8 heteroatoms. The van der Waals surface area contributed by atoms with Crippen molar-refractivity contribution in [2.24, 2.45) is 0 Å². The highest BCUT2D eigenvalue weighted by Gasteiger charge is 2.35. The van der Waals surface area contributed by atoms with Gasteiger partial charge in [0, 0.05) is 18.7 Å². The van der Waals surface area contributed by atoms with Crippen LogP contribution in [-0.4, -0.2) is 48.1 Å². The van der Waals surface area contributed by atoms with Gasteiger partial charge in [-0.25, -0.2) is 13.2 Å². The van der Waals surface area contributed by atoms with Gasteiger partial charge in [-0.3, -0.25) is 0 Å². The molecule has 1 saturated carbocycles. The number of hydrogen-bond donors (Lipinski definition) is 2. The summed E-state index contributed by atoms with van der Waals surface area (Å²) in [7, 11) is -3.87. The van der Waals surface area contributed by atoms with Crippen molar-refractivity contribution in [3.05, 3.63) is 17.6 Å². The molecule has 0 spiro atoms. The first-order valence-electron chi connectivity index (χ1n) is 6.84. The predicted molar refractivity (Wildman–Crippen MR) is 73.6 cm³/mol. The number of carbonyl (C=O) groups is 1. The fourth-order valence-corrected chi connectivity index (χ4v) is 4.58. The topological polar surface area (TPSA) is 108 Å². The van der Waals surface area contributed by atoms with E-state index in [4.69, 9.17) is 14.6 Å². The number of furan rings is 1. The van der Waals surface area contributed by atoms with Crippen molar-refractivity contribution in [3.63, 3.8) is 0 Å². The second kappa shape index (κ2) is 6.17. The van der Waals surface area contributed by atoms with E-state index in [0.717, 1.165) is 31.7 Å². The highest BCUT2D eigenvalue weighted by molar-refractivity contribution is 7.89. The first-order chi connectivity index (χ1) is 9.87. The van der Waals surface area contributed by atoms with Crippen LogP contribution >= 0.6 is 0 Å². The summed E-state index contributed by atoms with van der Waals surface area (Å²) < 4.78 is 31.7. The largest absolute Gasteiger partial charge is 0.475 e. The van der Waals surface area contributed by atoms with E-state index in [0.29, 0.717) is 0 Å². The maximum absolute atomic E-state index is 12.7. The molecule has 2 N–H and O–H groups in total. The molecule has 1 fully saturated rings. The molecule has 1 aromatic rings. The zero-order chi connectivity index (χ0) is 15.6. The Morgan fingerprint density at radius 2 is 2.05 bits per heavy atom. The Morgan fingerprint density at radius 3 is 2.52 bits per heavy atom. The van der Waals surface area contributed by atoms with Crippen molar-refractivity contribution in [1.82, 2.24) is 4.31 Å². The quantitative estimate of drug-likeness (QED) is 0.816. The highest BCUT2D eigenvalue weighted by Crippen LogP contribution is 2.30. The summed E-state index contributed by atoms with van der Waals surface area (Å²) in [5.74, 6) is -1.66. The van der Waals surface area contributed by atoms with Crippen molar-refractivity contribution in [2.45, 2.75) is 43.5 Å². The fraction of sp³-hybridized carbons (Fsp3) is 0.615. The van der Waals surface area contributed by atoms with E-state index in [1.807, 2.05) is 0 Å². The monoisotopic (exact) mass is 317 g/mol. The fourth-order valence-electron chi connectivity index (χ4n) is 2.74. The third-order valence-corrected chi connectivity index (χ3v) is 5.78. The lowest BCUT2D eigenvalue weighted by atomic mass is 10.2. The summed E-state index contributed by atoms with van der Waals surface area (Å²) in [5.41, 5.74) is 0. The standard InChI is InChI=1S/C13H19NO6S/c1-9-12(8-11(20-9)13(16)17)21(18,19)14(6-7-15)10-4-2-3-5-10/h8,10,15H,2-7H2,1H3,(H,16,17). The van der Waals surface area contributed by atoms with Crippen LogP contribution in [0.25, 0.3) is 0 Å². The van der Waals surface area contributed by atoms with E-state index < -0.39 is 21.8 Å². The van der Waals surface area contributed by atoms with Gasteiger partial charge >= 0.3 is 5.97 Å². The Bertz CT molecular complexity index is 615. The van der Waals surface area contributed by atoms with Gasteiger partial charge in [-0.15, -0.1) is 0 Å². The molecule has 0 aromatic carbocycles. The van der Waals surface area contributed by atoms with Crippen molar-refractivity contribution in [2.75, 3.05) is 13.2 Å². The number of aromatic carboxylic acids is 1. The number of rotatable bonds is 6. The van der Waals surface area contributed by atoms with Gasteiger partial charge in [-0.05, 0) is 19.8 Å². The lowest BCUT2D eigenvalue weighted by molar-refractivity contribution is 0.0661. The molecule has 1 aliphatic carbocycles. The second-order valence-corrected chi connectivity index (χ2v) is 6.97. The maximum Gasteiger partial charge on any atom is 0.371 e. The average molecular weight is 317 g/mol. The van der Waals surface area contributed by atoms with Crippen molar-refractivity contribution >= 4 is 16.0 Å². The number of carboxylic acids is 1. The molecular weight excluding hydrogens is 298 g/mol. The lowest BCUT2D eigenvalue weighted by Gasteiger charge is -2.27. The van der Waals surface area contributed by atoms with Gasteiger partial charge in [0.25, 0.3) is 0 Å². The summed E-state index contributed by atoms with van der Waals surface area (Å²) in [6.07, 6.45) is 3.41. The molecule has 1 aliphatic rings. The van der Waals surface area contributed by atoms with E-state index in [2.05, 4.69) is 0 Å². The highest BCUT2D eigenvalue weighted by atomic mass is 32.2. The number of aryl methyl sites for hydroxylation is 1. The van der Waals surface area contributed by atoms with E-state index in [1.54, 1.807) is 0 Å². The van der Waals surface area contributed by atoms with Gasteiger partial charge in [-0.2, -0.15) is 4.31 Å². The first-order valence-corrected chi connectivity index (χ1v) is 8.28. The molecule has 0 saturated heterocycles. The van der Waals surface area contributed by atoms with Crippen LogP contribution in [0, 0.1) is 6.92 Å². The second-order valence-electron chi connectivity index (χ2n) is 5.11. The Balaban J connectivity index is 2.40. The number of nitrogens with zero attached hydrogens (tertiary/aromatic N) is 1. The molecule has 0 atom stereocenters. The molecule has 1 aromatic heterocycles. The van der Waals surface area contributed by atoms with E-state index in [9.17, 15) is 13.2 Å². The Hall–Kier alpha value is -1.38. The summed E-state index contributed by atoms with van der Waals surface area (Å²) in [5, 5.41) is 18.0. The summed E-state index contributed by atoms with van der Waals surface area (Å²) in [6, 6.07) is 0.886. The summed E-state index contributed by atoms with van der Waals surface area (Å²) in [6.45, 7) is 1.14. The van der Waals surface area contributed by atoms with E-state index in [1.165, 1.54) is 11.2 Å². The van der Waals surface area contributed by atoms with Gasteiger partial charge in [-0.1, -0.05) is 12.8 Å². The van der Waals surface area contributed by atoms with Gasteiger partial charge in [0.15, 0.2) is 0 Å². The Labute approximate surface area is 123 Å². The number of carboxylic acid groups (broad SMARTS) is 1. The molecule has 0 bridgehead atoms. The molecule has 7 nitrogen and oxygen atoms in total. The zero-order valence-corrected chi connectivity index (χ0v) is 12.6. The van der Waals surface area contributed by atoms with Crippen LogP contribution in [0.5, 0.6) is 0 Å². The van der Waals surface area contributed by atoms with Crippen molar-refractivity contribution in [3.8, 4) is 0 Å². The van der Waals surface area contributed by atoms with E-state index >= 15 is 0 Å². The zero-order valence-electron chi connectivity index (χ0n) is 11.8. The van der Waals surface area contributed by atoms with Crippen LogP contribution in [0.2, 0.25) is 0 Å². The molecule has 0 unspecified atom stereocenters. The van der Waals surface area contributed by atoms with Crippen LogP contribution in [0.15, 0.2) is 15.4 Å². The number of sulfonamides is 1. The minimum atomic E-state index is -3.87. The third-order valence-electron chi connectivity index (χ3n) is 3.72. The van der Waals surface area contributed by atoms with Crippen LogP contribution in [0.1, 0.15) is 42.0 Å². The molecule has 0 radical (unpaired) electrons. The predicted octanol–water partition coefficient (Wildman–Crippen LogP) is 1.21. The molecule has 2 rings (SSSR count). The molecule has 0 amide bonds. The summed E-state index contributed by atoms with van der Waals surface area (Å²) >= 11 is 0. The van der Waals surface area contributed by atoms with Crippen molar-refractivity contribution in [1.29, 1.82) is 0 Å². The number of aliphatic hydroxyl groups is 1. The molecule has 1 heterocycles. The smallest absolute Gasteiger partial charge is 0.371 e. The minimum absolute atomic E-state index is 0.0000246. The first kappa shape index (κ1) is 16.0. The van der Waals surface area contributed by atoms with Gasteiger partial charge < -0.3 is 14.6 Å². The van der Waals surface area contributed by atoms with Crippen LogP contribution in [0.3, 0.4) is 0 Å². The number of aliphatic hydroxyl groups excluding tert-OH is 1. The Morgan fingerprint density at radius 1 is 1.43 bits per heavy atom. The van der Waals surface area contributed by atoms with Gasteiger partial charge in [0.2, 0.25) is 15.8 Å². The minimum Gasteiger partial charge on any atom is -0.475 e. The van der Waals surface area contributed by atoms with Crippen LogP contribution in [0.4, 0.5) is 0 Å². The molecular formula is C13H19NO6S. The van der Waals surface area contributed by atoms with Crippen LogP contribution in [-0.2, 0) is 10.0 Å². The normalized spacial score (nSPS) is 16.7. The summed E-state index contributed by atoms with van der Waals surface area (Å²) in [4.78, 5) is 10.8. The SMILES string of the molecule is Cc1oc(C(=O)O)cc1S(=O)(=O)N(CCO)C1CCCC1. The average Bonchev–Trinajstić information content (AvgIpc) is 3.04. The number of hydrogen-bond acceptors (Lipinski definition) is 5. The molecule has 118 valence electrons. The van der Waals surface area contributed by atoms with Gasteiger partial charge in [0.05, 0.1) is 6.61 Å².